The van der Waals surface area contributed by atoms with Gasteiger partial charge in [-0.15, -0.1) is 5.10 Å². The fourth-order valence-electron chi connectivity index (χ4n) is 2.71. The van der Waals surface area contributed by atoms with Gasteiger partial charge in [-0.1, -0.05) is 12.1 Å². The molecule has 0 aliphatic carbocycles. The maximum atomic E-state index is 12.6. The zero-order chi connectivity index (χ0) is 17.2. The van der Waals surface area contributed by atoms with Gasteiger partial charge in [0.25, 0.3) is 0 Å². The summed E-state index contributed by atoms with van der Waals surface area (Å²) in [5, 5.41) is 7.98. The lowest BCUT2D eigenvalue weighted by Crippen LogP contribution is -2.40. The summed E-state index contributed by atoms with van der Waals surface area (Å²) in [5.74, 6) is 0.467. The van der Waals surface area contributed by atoms with Gasteiger partial charge in [0, 0.05) is 25.8 Å². The second-order valence-corrected chi connectivity index (χ2v) is 5.66. The van der Waals surface area contributed by atoms with Crippen LogP contribution in [0.5, 0.6) is 0 Å². The average molecular weight is 338 g/mol. The van der Waals surface area contributed by atoms with Crippen LogP contribution in [0.15, 0.2) is 30.5 Å². The van der Waals surface area contributed by atoms with Crippen LogP contribution in [0.1, 0.15) is 18.4 Å². The zero-order valence-corrected chi connectivity index (χ0v) is 13.1. The molecule has 3 rings (SSSR count). The highest BCUT2D eigenvalue weighted by Crippen LogP contribution is 2.30. The summed E-state index contributed by atoms with van der Waals surface area (Å²) in [6, 6.07) is 4.87. The van der Waals surface area contributed by atoms with E-state index in [2.05, 4.69) is 15.2 Å². The molecule has 1 saturated heterocycles. The molecule has 0 amide bonds. The number of hydrogen-bond acceptors (Lipinski definition) is 5. The van der Waals surface area contributed by atoms with Gasteiger partial charge in [0.2, 0.25) is 5.95 Å². The lowest BCUT2D eigenvalue weighted by molar-refractivity contribution is -0.137. The third-order valence-electron chi connectivity index (χ3n) is 4.05. The molecule has 1 aliphatic heterocycles. The van der Waals surface area contributed by atoms with E-state index in [1.54, 1.807) is 7.11 Å². The van der Waals surface area contributed by atoms with Crippen molar-refractivity contribution in [2.75, 3.05) is 25.1 Å². The van der Waals surface area contributed by atoms with Crippen molar-refractivity contribution in [2.45, 2.75) is 25.1 Å². The van der Waals surface area contributed by atoms with E-state index in [1.807, 2.05) is 4.90 Å². The maximum absolute atomic E-state index is 12.6. The number of anilines is 1. The van der Waals surface area contributed by atoms with Crippen LogP contribution < -0.4 is 4.90 Å². The van der Waals surface area contributed by atoms with Crippen molar-refractivity contribution in [1.29, 1.82) is 0 Å². The molecule has 24 heavy (non-hydrogen) atoms. The number of alkyl halides is 3. The number of piperidine rings is 1. The van der Waals surface area contributed by atoms with E-state index in [-0.39, 0.29) is 6.10 Å². The minimum absolute atomic E-state index is 0.122. The molecule has 128 valence electrons. The third-order valence-corrected chi connectivity index (χ3v) is 4.05. The zero-order valence-electron chi connectivity index (χ0n) is 13.1. The average Bonchev–Trinajstić information content (AvgIpc) is 2.61. The summed E-state index contributed by atoms with van der Waals surface area (Å²) in [4.78, 5) is 6.43. The Hall–Kier alpha value is -2.22. The van der Waals surface area contributed by atoms with Crippen molar-refractivity contribution >= 4 is 5.95 Å². The van der Waals surface area contributed by atoms with E-state index in [4.69, 9.17) is 4.74 Å². The number of hydrogen-bond donors (Lipinski definition) is 0. The van der Waals surface area contributed by atoms with Crippen molar-refractivity contribution < 1.29 is 17.9 Å². The molecule has 0 radical (unpaired) electrons. The molecule has 0 unspecified atom stereocenters. The summed E-state index contributed by atoms with van der Waals surface area (Å²) in [6.07, 6.45) is -0.830. The summed E-state index contributed by atoms with van der Waals surface area (Å²) in [7, 11) is 1.67. The van der Waals surface area contributed by atoms with Gasteiger partial charge in [-0.2, -0.15) is 18.3 Å². The van der Waals surface area contributed by atoms with Crippen LogP contribution in [-0.2, 0) is 10.9 Å². The Bertz CT molecular complexity index is 690. The highest BCUT2D eigenvalue weighted by Gasteiger charge is 2.30. The van der Waals surface area contributed by atoms with Gasteiger partial charge in [-0.3, -0.25) is 0 Å². The smallest absolute Gasteiger partial charge is 0.380 e. The number of nitrogens with zero attached hydrogens (tertiary/aromatic N) is 4. The van der Waals surface area contributed by atoms with Crippen molar-refractivity contribution in [3.05, 3.63) is 36.0 Å². The molecule has 1 fully saturated rings. The van der Waals surface area contributed by atoms with E-state index in [9.17, 15) is 13.2 Å². The quantitative estimate of drug-likeness (QED) is 0.860. The van der Waals surface area contributed by atoms with Gasteiger partial charge in [0.15, 0.2) is 0 Å². The summed E-state index contributed by atoms with van der Waals surface area (Å²) in [6.45, 7) is 1.48. The van der Waals surface area contributed by atoms with Gasteiger partial charge < -0.3 is 9.64 Å². The van der Waals surface area contributed by atoms with Crippen LogP contribution in [0, 0.1) is 0 Å². The molecule has 0 bridgehead atoms. The van der Waals surface area contributed by atoms with Crippen molar-refractivity contribution in [3.8, 4) is 11.3 Å². The minimum Gasteiger partial charge on any atom is -0.380 e. The monoisotopic (exact) mass is 338 g/mol. The topological polar surface area (TPSA) is 51.1 Å². The van der Waals surface area contributed by atoms with E-state index in [0.29, 0.717) is 23.8 Å². The molecule has 1 atom stereocenters. The van der Waals surface area contributed by atoms with E-state index >= 15 is 0 Å². The maximum Gasteiger partial charge on any atom is 0.416 e. The number of benzene rings is 1. The van der Waals surface area contributed by atoms with Crippen molar-refractivity contribution in [1.82, 2.24) is 15.2 Å². The second-order valence-electron chi connectivity index (χ2n) is 5.66. The van der Waals surface area contributed by atoms with E-state index < -0.39 is 11.7 Å². The predicted molar refractivity (Wildman–Crippen MR) is 82.5 cm³/mol. The molecule has 8 heteroatoms. The standard InChI is InChI=1S/C16H17F3N4O/c1-24-13-3-2-8-23(10-13)15-21-14(9-20-22-15)11-4-6-12(7-5-11)16(17,18)19/h4-7,9,13H,2-3,8,10H2,1H3/t13-/m1/s1. The number of methoxy groups -OCH3 is 1. The molecular formula is C16H17F3N4O. The summed E-state index contributed by atoms with van der Waals surface area (Å²) >= 11 is 0. The molecule has 0 saturated carbocycles. The predicted octanol–water partition coefficient (Wildman–Crippen LogP) is 3.17. The van der Waals surface area contributed by atoms with E-state index in [0.717, 1.165) is 31.5 Å². The molecule has 2 aromatic rings. The molecular weight excluding hydrogens is 321 g/mol. The van der Waals surface area contributed by atoms with Gasteiger partial charge >= 0.3 is 6.18 Å². The number of rotatable bonds is 3. The lowest BCUT2D eigenvalue weighted by Gasteiger charge is -2.31. The Morgan fingerprint density at radius 1 is 1.21 bits per heavy atom. The van der Waals surface area contributed by atoms with Crippen LogP contribution in [0.3, 0.4) is 0 Å². The normalized spacial score (nSPS) is 18.7. The van der Waals surface area contributed by atoms with Gasteiger partial charge in [0.05, 0.1) is 23.6 Å². The second kappa shape index (κ2) is 6.72. The van der Waals surface area contributed by atoms with Crippen molar-refractivity contribution in [2.24, 2.45) is 0 Å². The largest absolute Gasteiger partial charge is 0.416 e. The van der Waals surface area contributed by atoms with Crippen LogP contribution in [-0.4, -0.2) is 41.5 Å². The highest BCUT2D eigenvalue weighted by molar-refractivity contribution is 5.59. The first-order valence-corrected chi connectivity index (χ1v) is 7.62. The molecule has 0 spiro atoms. The van der Waals surface area contributed by atoms with Crippen molar-refractivity contribution in [3.63, 3.8) is 0 Å². The summed E-state index contributed by atoms with van der Waals surface area (Å²) in [5.41, 5.74) is 0.375. The number of ether oxygens (including phenoxy) is 1. The molecule has 1 aliphatic rings. The first-order chi connectivity index (χ1) is 11.5. The molecule has 0 N–H and O–H groups in total. The Morgan fingerprint density at radius 2 is 1.96 bits per heavy atom. The highest BCUT2D eigenvalue weighted by atomic mass is 19.4. The summed E-state index contributed by atoms with van der Waals surface area (Å²) < 4.78 is 43.3. The number of halogens is 3. The Balaban J connectivity index is 1.82. The van der Waals surface area contributed by atoms with Crippen LogP contribution >= 0.6 is 0 Å². The molecule has 2 heterocycles. The third kappa shape index (κ3) is 3.64. The Kier molecular flexibility index (Phi) is 4.66. The van der Waals surface area contributed by atoms with Crippen LogP contribution in [0.4, 0.5) is 19.1 Å². The van der Waals surface area contributed by atoms with Gasteiger partial charge in [-0.05, 0) is 25.0 Å². The van der Waals surface area contributed by atoms with Crippen LogP contribution in [0.2, 0.25) is 0 Å². The molecule has 1 aromatic heterocycles. The van der Waals surface area contributed by atoms with E-state index in [1.165, 1.54) is 18.3 Å². The molecule has 5 nitrogen and oxygen atoms in total. The van der Waals surface area contributed by atoms with Crippen LogP contribution in [0.25, 0.3) is 11.3 Å². The minimum atomic E-state index is -4.35. The Morgan fingerprint density at radius 3 is 2.62 bits per heavy atom. The fraction of sp³-hybridized carbons (Fsp3) is 0.438. The SMILES string of the molecule is CO[C@@H]1CCCN(c2nncc(-c3ccc(C(F)(F)F)cc3)n2)C1. The first-order valence-electron chi connectivity index (χ1n) is 7.62. The molecule has 1 aromatic carbocycles. The number of aromatic nitrogens is 3. The Labute approximate surface area is 137 Å². The first kappa shape index (κ1) is 16.6. The fourth-order valence-corrected chi connectivity index (χ4v) is 2.71. The van der Waals surface area contributed by atoms with Gasteiger partial charge in [0.1, 0.15) is 0 Å². The lowest BCUT2D eigenvalue weighted by atomic mass is 10.1. The van der Waals surface area contributed by atoms with Gasteiger partial charge in [-0.25, -0.2) is 4.98 Å².